The molecule has 2 saturated carbocycles. The van der Waals surface area contributed by atoms with Crippen LogP contribution in [0.3, 0.4) is 0 Å². The molecule has 1 N–H and O–H groups in total. The number of rotatable bonds is 5. The molecular weight excluding hydrogens is 412 g/mol. The maximum Gasteiger partial charge on any atom is 0.217 e. The summed E-state index contributed by atoms with van der Waals surface area (Å²) in [4.78, 5) is 11.2. The van der Waals surface area contributed by atoms with Crippen molar-refractivity contribution in [1.29, 1.82) is 5.26 Å². The van der Waals surface area contributed by atoms with Gasteiger partial charge < -0.3 is 5.32 Å². The van der Waals surface area contributed by atoms with Gasteiger partial charge in [0.25, 0.3) is 0 Å². The lowest BCUT2D eigenvalue weighted by atomic mass is 9.89. The number of hydrogen-bond acceptors (Lipinski definition) is 7. The fourth-order valence-electron chi connectivity index (χ4n) is 4.92. The number of anilines is 1. The summed E-state index contributed by atoms with van der Waals surface area (Å²) in [5.41, 5.74) is 1.45. The standard InChI is InChI=1S/C22H28N6O2S/c23-14-16-1-8-21-20(13-16)22(25-15-24-21)26-17-2-4-18(5-3-17)27-9-11-28(12-10-27)31(29,30)19-6-7-19/h1,8,13,15,17-19H,2-7,9-12H2,(H,24,25,26). The van der Waals surface area contributed by atoms with E-state index in [2.05, 4.69) is 26.3 Å². The van der Waals surface area contributed by atoms with Gasteiger partial charge in [0.2, 0.25) is 10.0 Å². The summed E-state index contributed by atoms with van der Waals surface area (Å²) < 4.78 is 26.6. The lowest BCUT2D eigenvalue weighted by molar-refractivity contribution is 0.109. The minimum absolute atomic E-state index is 0.109. The van der Waals surface area contributed by atoms with Crippen LogP contribution in [0.5, 0.6) is 0 Å². The Bertz CT molecular complexity index is 1090. The molecule has 0 spiro atoms. The SMILES string of the molecule is N#Cc1ccc2ncnc(NC3CCC(N4CCN(S(=O)(=O)C5CC5)CC4)CC3)c2c1. The Labute approximate surface area is 183 Å². The second-order valence-corrected chi connectivity index (χ2v) is 11.1. The Balaban J connectivity index is 1.16. The summed E-state index contributed by atoms with van der Waals surface area (Å²) in [6, 6.07) is 8.54. The van der Waals surface area contributed by atoms with Crippen molar-refractivity contribution in [3.63, 3.8) is 0 Å². The van der Waals surface area contributed by atoms with E-state index in [1.807, 2.05) is 12.1 Å². The van der Waals surface area contributed by atoms with Crippen LogP contribution in [0.15, 0.2) is 24.5 Å². The molecular formula is C22H28N6O2S. The highest BCUT2D eigenvalue weighted by atomic mass is 32.2. The molecule has 2 aliphatic carbocycles. The number of hydrogen-bond donors (Lipinski definition) is 1. The van der Waals surface area contributed by atoms with Crippen LogP contribution >= 0.6 is 0 Å². The van der Waals surface area contributed by atoms with E-state index in [4.69, 9.17) is 0 Å². The van der Waals surface area contributed by atoms with E-state index in [9.17, 15) is 13.7 Å². The van der Waals surface area contributed by atoms with E-state index in [1.165, 1.54) is 0 Å². The monoisotopic (exact) mass is 440 g/mol. The number of piperazine rings is 1. The normalized spacial score (nSPS) is 25.9. The van der Waals surface area contributed by atoms with Gasteiger partial charge in [-0.25, -0.2) is 18.4 Å². The van der Waals surface area contributed by atoms with E-state index >= 15 is 0 Å². The molecule has 1 aliphatic heterocycles. The largest absolute Gasteiger partial charge is 0.367 e. The van der Waals surface area contributed by atoms with Gasteiger partial charge in [0.1, 0.15) is 12.1 Å². The van der Waals surface area contributed by atoms with Crippen LogP contribution in [0.1, 0.15) is 44.1 Å². The molecule has 1 aromatic carbocycles. The fraction of sp³-hybridized carbons (Fsp3) is 0.591. The van der Waals surface area contributed by atoms with E-state index in [-0.39, 0.29) is 5.25 Å². The van der Waals surface area contributed by atoms with Crippen molar-refractivity contribution in [2.75, 3.05) is 31.5 Å². The molecule has 9 heteroatoms. The average Bonchev–Trinajstić information content (AvgIpc) is 3.66. The third-order valence-electron chi connectivity index (χ3n) is 6.90. The van der Waals surface area contributed by atoms with Gasteiger partial charge in [-0.1, -0.05) is 0 Å². The van der Waals surface area contributed by atoms with E-state index in [1.54, 1.807) is 16.7 Å². The lowest BCUT2D eigenvalue weighted by Crippen LogP contribution is -2.53. The van der Waals surface area contributed by atoms with Crippen LogP contribution in [0.2, 0.25) is 0 Å². The first-order valence-electron chi connectivity index (χ1n) is 11.2. The van der Waals surface area contributed by atoms with Crippen molar-refractivity contribution in [2.45, 2.75) is 55.9 Å². The molecule has 0 unspecified atom stereocenters. The van der Waals surface area contributed by atoms with Crippen molar-refractivity contribution < 1.29 is 8.42 Å². The van der Waals surface area contributed by atoms with Crippen LogP contribution in [0.4, 0.5) is 5.82 Å². The molecule has 3 fully saturated rings. The smallest absolute Gasteiger partial charge is 0.217 e. The van der Waals surface area contributed by atoms with Gasteiger partial charge in [-0.05, 0) is 56.7 Å². The molecule has 5 rings (SSSR count). The molecule has 1 saturated heterocycles. The highest BCUT2D eigenvalue weighted by molar-refractivity contribution is 7.90. The van der Waals surface area contributed by atoms with E-state index < -0.39 is 10.0 Å². The summed E-state index contributed by atoms with van der Waals surface area (Å²) in [6.07, 6.45) is 7.53. The topological polar surface area (TPSA) is 102 Å². The van der Waals surface area contributed by atoms with Gasteiger partial charge in [-0.2, -0.15) is 9.57 Å². The Morgan fingerprint density at radius 1 is 1.00 bits per heavy atom. The zero-order valence-corrected chi connectivity index (χ0v) is 18.4. The van der Waals surface area contributed by atoms with Crippen molar-refractivity contribution in [2.24, 2.45) is 0 Å². The Hall–Kier alpha value is -2.28. The molecule has 8 nitrogen and oxygen atoms in total. The number of nitrogens with zero attached hydrogens (tertiary/aromatic N) is 5. The zero-order chi connectivity index (χ0) is 21.4. The lowest BCUT2D eigenvalue weighted by Gasteiger charge is -2.41. The number of benzene rings is 1. The molecule has 1 aromatic heterocycles. The second-order valence-electron chi connectivity index (χ2n) is 8.90. The molecule has 31 heavy (non-hydrogen) atoms. The number of nitrogens with one attached hydrogen (secondary N) is 1. The predicted octanol–water partition coefficient (Wildman–Crippen LogP) is 2.33. The van der Waals surface area contributed by atoms with Crippen molar-refractivity contribution in [3.8, 4) is 6.07 Å². The van der Waals surface area contributed by atoms with Crippen LogP contribution < -0.4 is 5.32 Å². The van der Waals surface area contributed by atoms with Crippen LogP contribution in [-0.4, -0.2) is 71.1 Å². The molecule has 0 radical (unpaired) electrons. The van der Waals surface area contributed by atoms with Gasteiger partial charge in [0.15, 0.2) is 0 Å². The number of aromatic nitrogens is 2. The van der Waals surface area contributed by atoms with Crippen LogP contribution in [-0.2, 0) is 10.0 Å². The summed E-state index contributed by atoms with van der Waals surface area (Å²) in [6.45, 7) is 2.93. The second kappa shape index (κ2) is 8.34. The van der Waals surface area contributed by atoms with Crippen LogP contribution in [0.25, 0.3) is 10.9 Å². The van der Waals surface area contributed by atoms with Gasteiger partial charge in [-0.3, -0.25) is 4.90 Å². The van der Waals surface area contributed by atoms with Crippen molar-refractivity contribution in [1.82, 2.24) is 19.2 Å². The summed E-state index contributed by atoms with van der Waals surface area (Å²) >= 11 is 0. The zero-order valence-electron chi connectivity index (χ0n) is 17.6. The minimum Gasteiger partial charge on any atom is -0.367 e. The number of nitriles is 1. The number of sulfonamides is 1. The van der Waals surface area contributed by atoms with Crippen molar-refractivity contribution in [3.05, 3.63) is 30.1 Å². The maximum atomic E-state index is 12.5. The summed E-state index contributed by atoms with van der Waals surface area (Å²) in [7, 11) is -3.04. The predicted molar refractivity (Wildman–Crippen MR) is 119 cm³/mol. The molecule has 0 amide bonds. The highest BCUT2D eigenvalue weighted by Crippen LogP contribution is 2.33. The summed E-state index contributed by atoms with van der Waals surface area (Å²) in [5, 5.41) is 13.6. The Kier molecular flexibility index (Phi) is 5.54. The summed E-state index contributed by atoms with van der Waals surface area (Å²) in [5.74, 6) is 0.796. The molecule has 0 atom stereocenters. The molecule has 0 bridgehead atoms. The third kappa shape index (κ3) is 4.25. The Morgan fingerprint density at radius 2 is 1.74 bits per heavy atom. The van der Waals surface area contributed by atoms with E-state index in [0.717, 1.165) is 68.3 Å². The first-order chi connectivity index (χ1) is 15.0. The average molecular weight is 441 g/mol. The van der Waals surface area contributed by atoms with Gasteiger partial charge in [-0.15, -0.1) is 0 Å². The maximum absolute atomic E-state index is 12.5. The first-order valence-corrected chi connectivity index (χ1v) is 12.7. The number of fused-ring (bicyclic) bond motifs is 1. The van der Waals surface area contributed by atoms with Gasteiger partial charge in [0.05, 0.1) is 22.4 Å². The quantitative estimate of drug-likeness (QED) is 0.761. The Morgan fingerprint density at radius 3 is 2.42 bits per heavy atom. The van der Waals surface area contributed by atoms with Gasteiger partial charge >= 0.3 is 0 Å². The molecule has 3 aliphatic rings. The van der Waals surface area contributed by atoms with Crippen molar-refractivity contribution >= 4 is 26.7 Å². The molecule has 2 aromatic rings. The fourth-order valence-corrected chi connectivity index (χ4v) is 6.75. The van der Waals surface area contributed by atoms with Gasteiger partial charge in [0, 0.05) is 43.6 Å². The van der Waals surface area contributed by atoms with E-state index in [0.29, 0.717) is 30.7 Å². The third-order valence-corrected chi connectivity index (χ3v) is 9.30. The molecule has 164 valence electrons. The molecule has 2 heterocycles. The van der Waals surface area contributed by atoms with Crippen LogP contribution in [0, 0.1) is 11.3 Å². The first kappa shape index (κ1) is 20.6. The minimum atomic E-state index is -3.04. The highest BCUT2D eigenvalue weighted by Gasteiger charge is 2.41.